The highest BCUT2D eigenvalue weighted by molar-refractivity contribution is 5.51. The predicted octanol–water partition coefficient (Wildman–Crippen LogP) is 2.99. The number of aliphatic hydroxyl groups is 1. The average Bonchev–Trinajstić information content (AvgIpc) is 3.09. The number of nitrogens with zero attached hydrogens (tertiary/aromatic N) is 2. The molecule has 0 bridgehead atoms. The lowest BCUT2D eigenvalue weighted by atomic mass is 10.2. The summed E-state index contributed by atoms with van der Waals surface area (Å²) >= 11 is 0. The van der Waals surface area contributed by atoms with Crippen molar-refractivity contribution in [2.45, 2.75) is 13.2 Å². The maximum absolute atomic E-state index is 9.37. The molecule has 0 atom stereocenters. The summed E-state index contributed by atoms with van der Waals surface area (Å²) in [6.45, 7) is 0.554. The smallest absolute Gasteiger partial charge is 0.124 e. The molecule has 2 aromatic carbocycles. The van der Waals surface area contributed by atoms with Crippen LogP contribution < -0.4 is 10.1 Å². The Kier molecular flexibility index (Phi) is 4.59. The van der Waals surface area contributed by atoms with E-state index in [0.29, 0.717) is 12.3 Å². The molecule has 5 heteroatoms. The van der Waals surface area contributed by atoms with E-state index in [4.69, 9.17) is 4.74 Å². The normalized spacial score (nSPS) is 10.5. The summed E-state index contributed by atoms with van der Waals surface area (Å²) in [6.07, 6.45) is 1.94. The van der Waals surface area contributed by atoms with Gasteiger partial charge in [0.25, 0.3) is 0 Å². The van der Waals surface area contributed by atoms with E-state index in [1.54, 1.807) is 7.11 Å². The minimum atomic E-state index is -0.0542. The lowest BCUT2D eigenvalue weighted by Gasteiger charge is -2.10. The van der Waals surface area contributed by atoms with Crippen LogP contribution in [-0.2, 0) is 13.2 Å². The van der Waals surface area contributed by atoms with Gasteiger partial charge in [-0.3, -0.25) is 0 Å². The molecule has 0 saturated heterocycles. The SMILES string of the molecule is COc1ccc(NCc2ccn(-c3ccccc3)n2)cc1CO. The summed E-state index contributed by atoms with van der Waals surface area (Å²) in [5, 5.41) is 17.2. The predicted molar refractivity (Wildman–Crippen MR) is 89.8 cm³/mol. The number of hydrogen-bond acceptors (Lipinski definition) is 4. The zero-order valence-corrected chi connectivity index (χ0v) is 12.9. The Morgan fingerprint density at radius 2 is 1.96 bits per heavy atom. The first-order valence-electron chi connectivity index (χ1n) is 7.42. The number of methoxy groups -OCH3 is 1. The molecule has 0 aliphatic carbocycles. The number of hydrogen-bond donors (Lipinski definition) is 2. The van der Waals surface area contributed by atoms with Crippen LogP contribution in [0.4, 0.5) is 5.69 Å². The van der Waals surface area contributed by atoms with Crippen molar-refractivity contribution in [1.82, 2.24) is 9.78 Å². The van der Waals surface area contributed by atoms with Crippen LogP contribution in [-0.4, -0.2) is 22.0 Å². The Bertz CT molecular complexity index is 769. The molecule has 1 heterocycles. The largest absolute Gasteiger partial charge is 0.496 e. The number of nitrogens with one attached hydrogen (secondary N) is 1. The summed E-state index contributed by atoms with van der Waals surface area (Å²) < 4.78 is 7.05. The molecular formula is C18H19N3O2. The highest BCUT2D eigenvalue weighted by atomic mass is 16.5. The molecule has 0 radical (unpaired) electrons. The minimum absolute atomic E-state index is 0.0542. The van der Waals surface area contributed by atoms with Crippen LogP contribution in [0, 0.1) is 0 Å². The van der Waals surface area contributed by atoms with Crippen LogP contribution in [0.3, 0.4) is 0 Å². The Labute approximate surface area is 135 Å². The van der Waals surface area contributed by atoms with Gasteiger partial charge in [-0.25, -0.2) is 4.68 Å². The van der Waals surface area contributed by atoms with Gasteiger partial charge >= 0.3 is 0 Å². The van der Waals surface area contributed by atoms with Crippen molar-refractivity contribution < 1.29 is 9.84 Å². The van der Waals surface area contributed by atoms with E-state index in [-0.39, 0.29) is 6.61 Å². The molecule has 118 valence electrons. The molecule has 0 fully saturated rings. The van der Waals surface area contributed by atoms with Crippen molar-refractivity contribution in [2.75, 3.05) is 12.4 Å². The zero-order valence-electron chi connectivity index (χ0n) is 12.9. The fraction of sp³-hybridized carbons (Fsp3) is 0.167. The fourth-order valence-corrected chi connectivity index (χ4v) is 2.39. The molecule has 0 amide bonds. The van der Waals surface area contributed by atoms with Crippen molar-refractivity contribution in [2.24, 2.45) is 0 Å². The maximum atomic E-state index is 9.37. The van der Waals surface area contributed by atoms with Gasteiger partial charge in [0.2, 0.25) is 0 Å². The number of aliphatic hydroxyl groups excluding tert-OH is 1. The molecule has 3 aromatic rings. The van der Waals surface area contributed by atoms with Gasteiger partial charge in [0.05, 0.1) is 31.6 Å². The molecular weight excluding hydrogens is 290 g/mol. The number of anilines is 1. The minimum Gasteiger partial charge on any atom is -0.496 e. The van der Waals surface area contributed by atoms with Gasteiger partial charge in [-0.1, -0.05) is 18.2 Å². The monoisotopic (exact) mass is 309 g/mol. The number of benzene rings is 2. The first-order valence-corrected chi connectivity index (χ1v) is 7.42. The molecule has 5 nitrogen and oxygen atoms in total. The second kappa shape index (κ2) is 6.98. The van der Waals surface area contributed by atoms with Crippen molar-refractivity contribution in [3.05, 3.63) is 72.1 Å². The van der Waals surface area contributed by atoms with E-state index in [0.717, 1.165) is 22.6 Å². The van der Waals surface area contributed by atoms with Crippen LogP contribution in [0.15, 0.2) is 60.8 Å². The average molecular weight is 309 g/mol. The van der Waals surface area contributed by atoms with E-state index < -0.39 is 0 Å². The highest BCUT2D eigenvalue weighted by Gasteiger charge is 2.05. The second-order valence-corrected chi connectivity index (χ2v) is 5.13. The molecule has 0 aliphatic heterocycles. The van der Waals surface area contributed by atoms with Crippen LogP contribution in [0.2, 0.25) is 0 Å². The Balaban J connectivity index is 1.68. The van der Waals surface area contributed by atoms with Crippen molar-refractivity contribution >= 4 is 5.69 Å². The third kappa shape index (κ3) is 3.52. The third-order valence-corrected chi connectivity index (χ3v) is 3.59. The molecule has 1 aromatic heterocycles. The van der Waals surface area contributed by atoms with Gasteiger partial charge in [-0.2, -0.15) is 5.10 Å². The van der Waals surface area contributed by atoms with Gasteiger partial charge in [0.1, 0.15) is 5.75 Å². The number of ether oxygens (including phenoxy) is 1. The summed E-state index contributed by atoms with van der Waals surface area (Å²) in [5.74, 6) is 0.686. The summed E-state index contributed by atoms with van der Waals surface area (Å²) in [7, 11) is 1.60. The highest BCUT2D eigenvalue weighted by Crippen LogP contribution is 2.22. The second-order valence-electron chi connectivity index (χ2n) is 5.13. The number of aromatic nitrogens is 2. The molecule has 0 saturated carbocycles. The Morgan fingerprint density at radius 1 is 1.13 bits per heavy atom. The van der Waals surface area contributed by atoms with Crippen molar-refractivity contribution in [3.8, 4) is 11.4 Å². The standard InChI is InChI=1S/C18H19N3O2/c1-23-18-8-7-15(11-14(18)13-22)19-12-16-9-10-21(20-16)17-5-3-2-4-6-17/h2-11,19,22H,12-13H2,1H3. The lowest BCUT2D eigenvalue weighted by molar-refractivity contribution is 0.274. The first kappa shape index (κ1) is 15.1. The van der Waals surface area contributed by atoms with E-state index in [1.165, 1.54) is 0 Å². The quantitative estimate of drug-likeness (QED) is 0.735. The van der Waals surface area contributed by atoms with Gasteiger partial charge < -0.3 is 15.2 Å². The molecule has 0 spiro atoms. The topological polar surface area (TPSA) is 59.3 Å². The third-order valence-electron chi connectivity index (χ3n) is 3.59. The Hall–Kier alpha value is -2.79. The van der Waals surface area contributed by atoms with E-state index in [1.807, 2.05) is 65.5 Å². The number of rotatable bonds is 6. The lowest BCUT2D eigenvalue weighted by Crippen LogP contribution is -2.03. The van der Waals surface area contributed by atoms with Gasteiger partial charge in [0, 0.05) is 17.4 Å². The van der Waals surface area contributed by atoms with Crippen LogP contribution >= 0.6 is 0 Å². The van der Waals surface area contributed by atoms with Crippen molar-refractivity contribution in [3.63, 3.8) is 0 Å². The molecule has 2 N–H and O–H groups in total. The maximum Gasteiger partial charge on any atom is 0.124 e. The fourth-order valence-electron chi connectivity index (χ4n) is 2.39. The number of para-hydroxylation sites is 1. The molecule has 3 rings (SSSR count). The zero-order chi connectivity index (χ0) is 16.1. The van der Waals surface area contributed by atoms with Crippen LogP contribution in [0.25, 0.3) is 5.69 Å². The Morgan fingerprint density at radius 3 is 2.70 bits per heavy atom. The first-order chi connectivity index (χ1) is 11.3. The van der Waals surface area contributed by atoms with E-state index in [9.17, 15) is 5.11 Å². The molecule has 0 aliphatic rings. The van der Waals surface area contributed by atoms with Crippen LogP contribution in [0.5, 0.6) is 5.75 Å². The summed E-state index contributed by atoms with van der Waals surface area (Å²) in [4.78, 5) is 0. The van der Waals surface area contributed by atoms with Gasteiger partial charge in [-0.05, 0) is 36.4 Å². The van der Waals surface area contributed by atoms with Gasteiger partial charge in [-0.15, -0.1) is 0 Å². The van der Waals surface area contributed by atoms with Crippen molar-refractivity contribution in [1.29, 1.82) is 0 Å². The van der Waals surface area contributed by atoms with Gasteiger partial charge in [0.15, 0.2) is 0 Å². The van der Waals surface area contributed by atoms with E-state index in [2.05, 4.69) is 10.4 Å². The van der Waals surface area contributed by atoms with E-state index >= 15 is 0 Å². The molecule has 0 unspecified atom stereocenters. The summed E-state index contributed by atoms with van der Waals surface area (Å²) in [6, 6.07) is 17.6. The summed E-state index contributed by atoms with van der Waals surface area (Å²) in [5.41, 5.74) is 3.65. The molecule has 23 heavy (non-hydrogen) atoms. The van der Waals surface area contributed by atoms with Crippen LogP contribution in [0.1, 0.15) is 11.3 Å².